The molecular formula is C23H24FN3O4S2. The van der Waals surface area contributed by atoms with Crippen LogP contribution in [-0.4, -0.2) is 42.8 Å². The SMILES string of the molecule is CC[C@H](Oc1ccc(F)cc1)C(=O)Nc1nc(-c2ccc(S(=O)(=O)N3CCCC3)cc2)cs1. The predicted molar refractivity (Wildman–Crippen MR) is 125 cm³/mol. The molecule has 0 aliphatic carbocycles. The average molecular weight is 490 g/mol. The van der Waals surface area contributed by atoms with Crippen molar-refractivity contribution in [3.63, 3.8) is 0 Å². The molecule has 2 aromatic carbocycles. The minimum absolute atomic E-state index is 0.264. The quantitative estimate of drug-likeness (QED) is 0.502. The lowest BCUT2D eigenvalue weighted by molar-refractivity contribution is -0.122. The lowest BCUT2D eigenvalue weighted by atomic mass is 10.2. The molecule has 1 amide bonds. The Morgan fingerprint density at radius 1 is 1.15 bits per heavy atom. The summed E-state index contributed by atoms with van der Waals surface area (Å²) in [5, 5.41) is 4.95. The molecule has 0 radical (unpaired) electrons. The van der Waals surface area contributed by atoms with Gasteiger partial charge in [-0.15, -0.1) is 11.3 Å². The van der Waals surface area contributed by atoms with Gasteiger partial charge in [0.25, 0.3) is 5.91 Å². The van der Waals surface area contributed by atoms with E-state index in [-0.39, 0.29) is 16.6 Å². The molecule has 1 fully saturated rings. The van der Waals surface area contributed by atoms with Crippen molar-refractivity contribution in [2.75, 3.05) is 18.4 Å². The molecule has 1 aliphatic heterocycles. The van der Waals surface area contributed by atoms with E-state index in [1.165, 1.54) is 39.9 Å². The molecule has 7 nitrogen and oxygen atoms in total. The van der Waals surface area contributed by atoms with Crippen LogP contribution in [-0.2, 0) is 14.8 Å². The molecule has 0 spiro atoms. The highest BCUT2D eigenvalue weighted by atomic mass is 32.2. The van der Waals surface area contributed by atoms with Gasteiger partial charge in [0.2, 0.25) is 10.0 Å². The summed E-state index contributed by atoms with van der Waals surface area (Å²) in [6.07, 6.45) is 1.45. The topological polar surface area (TPSA) is 88.6 Å². The molecule has 33 heavy (non-hydrogen) atoms. The zero-order valence-electron chi connectivity index (χ0n) is 18.0. The van der Waals surface area contributed by atoms with E-state index in [0.29, 0.717) is 36.1 Å². The average Bonchev–Trinajstić information content (AvgIpc) is 3.52. The van der Waals surface area contributed by atoms with Gasteiger partial charge in [-0.3, -0.25) is 10.1 Å². The maximum Gasteiger partial charge on any atom is 0.267 e. The number of nitrogens with zero attached hydrogens (tertiary/aromatic N) is 2. The molecule has 0 saturated carbocycles. The van der Waals surface area contributed by atoms with Crippen LogP contribution in [0.25, 0.3) is 11.3 Å². The summed E-state index contributed by atoms with van der Waals surface area (Å²) in [6, 6.07) is 12.1. The van der Waals surface area contributed by atoms with E-state index in [1.807, 2.05) is 6.92 Å². The third-order valence-corrected chi connectivity index (χ3v) is 8.01. The fourth-order valence-electron chi connectivity index (χ4n) is 3.52. The number of nitrogens with one attached hydrogen (secondary N) is 1. The molecule has 0 unspecified atom stereocenters. The zero-order chi connectivity index (χ0) is 23.4. The van der Waals surface area contributed by atoms with Gasteiger partial charge in [-0.25, -0.2) is 17.8 Å². The van der Waals surface area contributed by atoms with Gasteiger partial charge in [-0.05, 0) is 55.7 Å². The van der Waals surface area contributed by atoms with Gasteiger partial charge >= 0.3 is 0 Å². The van der Waals surface area contributed by atoms with Gasteiger partial charge in [0.05, 0.1) is 10.6 Å². The number of sulfonamides is 1. The first-order valence-electron chi connectivity index (χ1n) is 10.7. The van der Waals surface area contributed by atoms with Gasteiger partial charge < -0.3 is 4.74 Å². The van der Waals surface area contributed by atoms with Gasteiger partial charge in [-0.2, -0.15) is 4.31 Å². The standard InChI is InChI=1S/C23H24FN3O4S2/c1-2-21(31-18-9-7-17(24)8-10-18)22(28)26-23-25-20(15-32-23)16-5-11-19(12-6-16)33(29,30)27-13-3-4-14-27/h5-12,15,21H,2-4,13-14H2,1H3,(H,25,26,28)/t21-/m0/s1. The third kappa shape index (κ3) is 5.40. The summed E-state index contributed by atoms with van der Waals surface area (Å²) in [7, 11) is -3.47. The fraction of sp³-hybridized carbons (Fsp3) is 0.304. The Balaban J connectivity index is 1.41. The van der Waals surface area contributed by atoms with Crippen molar-refractivity contribution in [1.82, 2.24) is 9.29 Å². The van der Waals surface area contributed by atoms with Crippen LogP contribution in [0.15, 0.2) is 58.8 Å². The number of carbonyl (C=O) groups excluding carboxylic acids is 1. The molecule has 2 heterocycles. The van der Waals surface area contributed by atoms with Crippen LogP contribution < -0.4 is 10.1 Å². The van der Waals surface area contributed by atoms with E-state index in [2.05, 4.69) is 10.3 Å². The van der Waals surface area contributed by atoms with Crippen LogP contribution in [0.1, 0.15) is 26.2 Å². The molecule has 1 aromatic heterocycles. The lowest BCUT2D eigenvalue weighted by Gasteiger charge is -2.16. The fourth-order valence-corrected chi connectivity index (χ4v) is 5.76. The van der Waals surface area contributed by atoms with Crippen LogP contribution in [0.2, 0.25) is 0 Å². The van der Waals surface area contributed by atoms with Crippen LogP contribution in [0.5, 0.6) is 5.75 Å². The van der Waals surface area contributed by atoms with E-state index in [9.17, 15) is 17.6 Å². The molecule has 1 N–H and O–H groups in total. The first-order chi connectivity index (χ1) is 15.9. The molecule has 4 rings (SSSR count). The van der Waals surface area contributed by atoms with Gasteiger partial charge in [0, 0.05) is 24.0 Å². The number of thiazole rings is 1. The van der Waals surface area contributed by atoms with E-state index in [0.717, 1.165) is 18.4 Å². The normalized spacial score (nSPS) is 15.3. The largest absolute Gasteiger partial charge is 0.481 e. The van der Waals surface area contributed by atoms with Crippen LogP contribution in [0.4, 0.5) is 9.52 Å². The molecular weight excluding hydrogens is 465 g/mol. The van der Waals surface area contributed by atoms with E-state index in [1.54, 1.807) is 29.6 Å². The summed E-state index contributed by atoms with van der Waals surface area (Å²) in [6.45, 7) is 2.94. The Morgan fingerprint density at radius 2 is 1.82 bits per heavy atom. The van der Waals surface area contributed by atoms with Crippen LogP contribution in [0.3, 0.4) is 0 Å². The Morgan fingerprint density at radius 3 is 2.45 bits per heavy atom. The van der Waals surface area contributed by atoms with E-state index in [4.69, 9.17) is 4.74 Å². The number of anilines is 1. The number of carbonyl (C=O) groups is 1. The number of hydrogen-bond donors (Lipinski definition) is 1. The maximum absolute atomic E-state index is 13.1. The number of ether oxygens (including phenoxy) is 1. The second-order valence-electron chi connectivity index (χ2n) is 7.63. The summed E-state index contributed by atoms with van der Waals surface area (Å²) in [5.41, 5.74) is 1.38. The highest BCUT2D eigenvalue weighted by molar-refractivity contribution is 7.89. The van der Waals surface area contributed by atoms with Crippen molar-refractivity contribution in [2.45, 2.75) is 37.2 Å². The number of hydrogen-bond acceptors (Lipinski definition) is 6. The minimum atomic E-state index is -3.47. The number of aromatic nitrogens is 1. The Hall–Kier alpha value is -2.82. The molecule has 1 saturated heterocycles. The maximum atomic E-state index is 13.1. The van der Waals surface area contributed by atoms with Gasteiger partial charge in [0.15, 0.2) is 11.2 Å². The second-order valence-corrected chi connectivity index (χ2v) is 10.4. The molecule has 174 valence electrons. The van der Waals surface area contributed by atoms with Crippen molar-refractivity contribution in [1.29, 1.82) is 0 Å². The zero-order valence-corrected chi connectivity index (χ0v) is 19.7. The highest BCUT2D eigenvalue weighted by Crippen LogP contribution is 2.28. The van der Waals surface area contributed by atoms with Gasteiger partial charge in [-0.1, -0.05) is 19.1 Å². The number of amides is 1. The molecule has 0 bridgehead atoms. The lowest BCUT2D eigenvalue weighted by Crippen LogP contribution is -2.32. The minimum Gasteiger partial charge on any atom is -0.481 e. The summed E-state index contributed by atoms with van der Waals surface area (Å²) in [4.78, 5) is 17.3. The summed E-state index contributed by atoms with van der Waals surface area (Å²) >= 11 is 1.26. The van der Waals surface area contributed by atoms with Crippen molar-refractivity contribution in [2.24, 2.45) is 0 Å². The van der Waals surface area contributed by atoms with Crippen LogP contribution >= 0.6 is 11.3 Å². The second kappa shape index (κ2) is 9.98. The first kappa shape index (κ1) is 23.3. The van der Waals surface area contributed by atoms with Crippen molar-refractivity contribution >= 4 is 32.4 Å². The molecule has 3 aromatic rings. The van der Waals surface area contributed by atoms with E-state index >= 15 is 0 Å². The monoisotopic (exact) mass is 489 g/mol. The smallest absolute Gasteiger partial charge is 0.267 e. The summed E-state index contributed by atoms with van der Waals surface area (Å²) in [5.74, 6) is -0.325. The third-order valence-electron chi connectivity index (χ3n) is 5.34. The summed E-state index contributed by atoms with van der Waals surface area (Å²) < 4.78 is 45.6. The van der Waals surface area contributed by atoms with Gasteiger partial charge in [0.1, 0.15) is 11.6 Å². The number of halogens is 1. The predicted octanol–water partition coefficient (Wildman–Crippen LogP) is 4.53. The number of benzene rings is 2. The molecule has 1 aliphatic rings. The van der Waals surface area contributed by atoms with Crippen molar-refractivity contribution in [3.8, 4) is 17.0 Å². The Kier molecular flexibility index (Phi) is 7.06. The Bertz CT molecular complexity index is 1210. The first-order valence-corrected chi connectivity index (χ1v) is 13.0. The molecule has 1 atom stereocenters. The van der Waals surface area contributed by atoms with Crippen molar-refractivity contribution < 1.29 is 22.3 Å². The highest BCUT2D eigenvalue weighted by Gasteiger charge is 2.27. The van der Waals surface area contributed by atoms with Crippen LogP contribution in [0, 0.1) is 5.82 Å². The Labute approximate surface area is 196 Å². The van der Waals surface area contributed by atoms with E-state index < -0.39 is 16.1 Å². The molecule has 10 heteroatoms. The van der Waals surface area contributed by atoms with Crippen molar-refractivity contribution in [3.05, 3.63) is 59.7 Å². The number of rotatable bonds is 8.